The first-order valence-electron chi connectivity index (χ1n) is 8.06. The van der Waals surface area contributed by atoms with E-state index >= 15 is 0 Å². The molecule has 0 N–H and O–H groups in total. The second kappa shape index (κ2) is 7.82. The van der Waals surface area contributed by atoms with Gasteiger partial charge in [0.05, 0.1) is 23.9 Å². The third-order valence-corrected chi connectivity index (χ3v) is 4.61. The van der Waals surface area contributed by atoms with Crippen molar-refractivity contribution in [1.29, 1.82) is 0 Å². The van der Waals surface area contributed by atoms with Gasteiger partial charge in [0.25, 0.3) is 0 Å². The monoisotopic (exact) mass is 330 g/mol. The molecule has 0 atom stereocenters. The lowest BCUT2D eigenvalue weighted by atomic mass is 10.1. The van der Waals surface area contributed by atoms with Gasteiger partial charge in [-0.1, -0.05) is 48.0 Å². The van der Waals surface area contributed by atoms with Gasteiger partial charge in [0.15, 0.2) is 0 Å². The Morgan fingerprint density at radius 2 is 1.65 bits per heavy atom. The van der Waals surface area contributed by atoms with Gasteiger partial charge in [-0.2, -0.15) is 0 Å². The summed E-state index contributed by atoms with van der Waals surface area (Å²) < 4.78 is 5.44. The Kier molecular flexibility index (Phi) is 5.55. The van der Waals surface area contributed by atoms with Crippen LogP contribution < -0.4 is 4.90 Å². The molecule has 2 aromatic rings. The van der Waals surface area contributed by atoms with E-state index in [1.54, 1.807) is 0 Å². The number of hydrogen-bond donors (Lipinski definition) is 0. The molecule has 23 heavy (non-hydrogen) atoms. The standard InChI is InChI=1S/C19H23ClN2O/c1-21(19-9-5-4-8-18(19)20)14-16-6-2-3-7-17(16)15-22-10-12-23-13-11-22/h2-9H,10-15H2,1H3. The van der Waals surface area contributed by atoms with Crippen LogP contribution in [0, 0.1) is 0 Å². The van der Waals surface area contributed by atoms with Gasteiger partial charge < -0.3 is 9.64 Å². The largest absolute Gasteiger partial charge is 0.379 e. The molecule has 0 radical (unpaired) electrons. The summed E-state index contributed by atoms with van der Waals surface area (Å²) in [6.07, 6.45) is 0. The Morgan fingerprint density at radius 1 is 1.00 bits per heavy atom. The molecule has 1 aliphatic heterocycles. The van der Waals surface area contributed by atoms with E-state index in [0.717, 1.165) is 50.1 Å². The molecule has 0 aromatic heterocycles. The number of ether oxygens (including phenoxy) is 1. The number of rotatable bonds is 5. The predicted octanol–water partition coefficient (Wildman–Crippen LogP) is 3.81. The maximum absolute atomic E-state index is 6.32. The summed E-state index contributed by atoms with van der Waals surface area (Å²) in [6, 6.07) is 16.7. The highest BCUT2D eigenvalue weighted by atomic mass is 35.5. The first kappa shape index (κ1) is 16.3. The molecule has 3 nitrogen and oxygen atoms in total. The van der Waals surface area contributed by atoms with Crippen molar-refractivity contribution in [3.05, 3.63) is 64.7 Å². The Bertz CT molecular complexity index is 641. The molecule has 0 aliphatic carbocycles. The fourth-order valence-corrected chi connectivity index (χ4v) is 3.25. The van der Waals surface area contributed by atoms with Crippen LogP contribution in [0.5, 0.6) is 0 Å². The molecule has 0 bridgehead atoms. The Hall–Kier alpha value is -1.55. The minimum atomic E-state index is 0.792. The Labute approximate surface area is 143 Å². The highest BCUT2D eigenvalue weighted by Crippen LogP contribution is 2.26. The predicted molar refractivity (Wildman–Crippen MR) is 96.1 cm³/mol. The number of benzene rings is 2. The molecular formula is C19H23ClN2O. The zero-order valence-electron chi connectivity index (χ0n) is 13.5. The maximum Gasteiger partial charge on any atom is 0.0639 e. The molecule has 1 fully saturated rings. The van der Waals surface area contributed by atoms with Crippen LogP contribution in [-0.4, -0.2) is 38.3 Å². The highest BCUT2D eigenvalue weighted by Gasteiger charge is 2.14. The molecule has 0 unspecified atom stereocenters. The van der Waals surface area contributed by atoms with E-state index in [4.69, 9.17) is 16.3 Å². The fourth-order valence-electron chi connectivity index (χ4n) is 2.97. The SMILES string of the molecule is CN(Cc1ccccc1CN1CCOCC1)c1ccccc1Cl. The van der Waals surface area contributed by atoms with Crippen LogP contribution in [0.3, 0.4) is 0 Å². The second-order valence-corrected chi connectivity index (χ2v) is 6.37. The second-order valence-electron chi connectivity index (χ2n) is 5.96. The van der Waals surface area contributed by atoms with E-state index in [1.165, 1.54) is 11.1 Å². The van der Waals surface area contributed by atoms with Crippen molar-refractivity contribution in [2.24, 2.45) is 0 Å². The molecule has 1 saturated heterocycles. The van der Waals surface area contributed by atoms with Crippen molar-refractivity contribution >= 4 is 17.3 Å². The maximum atomic E-state index is 6.32. The van der Waals surface area contributed by atoms with Crippen molar-refractivity contribution < 1.29 is 4.74 Å². The molecule has 0 saturated carbocycles. The van der Waals surface area contributed by atoms with Crippen LogP contribution in [-0.2, 0) is 17.8 Å². The van der Waals surface area contributed by atoms with Crippen molar-refractivity contribution in [3.63, 3.8) is 0 Å². The molecule has 0 amide bonds. The first-order chi connectivity index (χ1) is 11.2. The van der Waals surface area contributed by atoms with Crippen molar-refractivity contribution in [3.8, 4) is 0 Å². The average molecular weight is 331 g/mol. The minimum absolute atomic E-state index is 0.792. The van der Waals surface area contributed by atoms with Crippen molar-refractivity contribution in [1.82, 2.24) is 4.90 Å². The van der Waals surface area contributed by atoms with Crippen LogP contribution in [0.15, 0.2) is 48.5 Å². The van der Waals surface area contributed by atoms with E-state index in [-0.39, 0.29) is 0 Å². The Morgan fingerprint density at radius 3 is 2.39 bits per heavy atom. The lowest BCUT2D eigenvalue weighted by molar-refractivity contribution is 0.0341. The van der Waals surface area contributed by atoms with Gasteiger partial charge in [0, 0.05) is 33.2 Å². The van der Waals surface area contributed by atoms with Gasteiger partial charge in [-0.3, -0.25) is 4.90 Å². The smallest absolute Gasteiger partial charge is 0.0639 e. The number of anilines is 1. The fraction of sp³-hybridized carbons (Fsp3) is 0.368. The average Bonchev–Trinajstić information content (AvgIpc) is 2.58. The summed E-state index contributed by atoms with van der Waals surface area (Å²) in [6.45, 7) is 5.52. The van der Waals surface area contributed by atoms with Gasteiger partial charge in [0.2, 0.25) is 0 Å². The van der Waals surface area contributed by atoms with Gasteiger partial charge in [-0.05, 0) is 23.3 Å². The van der Waals surface area contributed by atoms with Crippen molar-refractivity contribution in [2.75, 3.05) is 38.3 Å². The normalized spacial score (nSPS) is 15.6. The highest BCUT2D eigenvalue weighted by molar-refractivity contribution is 6.33. The lowest BCUT2D eigenvalue weighted by Gasteiger charge is -2.28. The summed E-state index contributed by atoms with van der Waals surface area (Å²) in [7, 11) is 2.09. The summed E-state index contributed by atoms with van der Waals surface area (Å²) in [5, 5.41) is 0.792. The van der Waals surface area contributed by atoms with Gasteiger partial charge in [0.1, 0.15) is 0 Å². The van der Waals surface area contributed by atoms with E-state index < -0.39 is 0 Å². The van der Waals surface area contributed by atoms with Crippen LogP contribution in [0.1, 0.15) is 11.1 Å². The van der Waals surface area contributed by atoms with Crippen LogP contribution in [0.25, 0.3) is 0 Å². The topological polar surface area (TPSA) is 15.7 Å². The summed E-state index contributed by atoms with van der Waals surface area (Å²) in [5.41, 5.74) is 3.80. The molecule has 3 rings (SSSR count). The quantitative estimate of drug-likeness (QED) is 0.829. The first-order valence-corrected chi connectivity index (χ1v) is 8.44. The molecular weight excluding hydrogens is 308 g/mol. The van der Waals surface area contributed by atoms with E-state index in [2.05, 4.69) is 47.2 Å². The molecule has 122 valence electrons. The van der Waals surface area contributed by atoms with Gasteiger partial charge in [-0.25, -0.2) is 0 Å². The van der Waals surface area contributed by atoms with E-state index in [1.807, 2.05) is 18.2 Å². The number of hydrogen-bond acceptors (Lipinski definition) is 3. The van der Waals surface area contributed by atoms with Crippen LogP contribution >= 0.6 is 11.6 Å². The number of morpholine rings is 1. The van der Waals surface area contributed by atoms with E-state index in [0.29, 0.717) is 0 Å². The zero-order valence-corrected chi connectivity index (χ0v) is 14.3. The van der Waals surface area contributed by atoms with E-state index in [9.17, 15) is 0 Å². The third kappa shape index (κ3) is 4.25. The summed E-state index contributed by atoms with van der Waals surface area (Å²) in [5.74, 6) is 0. The minimum Gasteiger partial charge on any atom is -0.379 e. The Balaban J connectivity index is 1.73. The number of nitrogens with zero attached hydrogens (tertiary/aromatic N) is 2. The van der Waals surface area contributed by atoms with Gasteiger partial charge in [-0.15, -0.1) is 0 Å². The number of halogens is 1. The summed E-state index contributed by atoms with van der Waals surface area (Å²) >= 11 is 6.32. The number of para-hydroxylation sites is 1. The van der Waals surface area contributed by atoms with Crippen molar-refractivity contribution in [2.45, 2.75) is 13.1 Å². The molecule has 1 aliphatic rings. The molecule has 4 heteroatoms. The molecule has 0 spiro atoms. The summed E-state index contributed by atoms with van der Waals surface area (Å²) in [4.78, 5) is 4.66. The van der Waals surface area contributed by atoms with Crippen LogP contribution in [0.2, 0.25) is 5.02 Å². The molecule has 2 aromatic carbocycles. The zero-order chi connectivity index (χ0) is 16.1. The van der Waals surface area contributed by atoms with Crippen LogP contribution in [0.4, 0.5) is 5.69 Å². The molecule has 1 heterocycles. The lowest BCUT2D eigenvalue weighted by Crippen LogP contribution is -2.36. The van der Waals surface area contributed by atoms with Gasteiger partial charge >= 0.3 is 0 Å². The third-order valence-electron chi connectivity index (χ3n) is 4.29.